The van der Waals surface area contributed by atoms with Crippen molar-refractivity contribution in [3.8, 4) is 0 Å². The number of halogens is 1. The lowest BCUT2D eigenvalue weighted by Gasteiger charge is -2.55. The predicted octanol–water partition coefficient (Wildman–Crippen LogP) is 3.06. The third-order valence-corrected chi connectivity index (χ3v) is 6.85. The molecule has 0 aliphatic carbocycles. The van der Waals surface area contributed by atoms with Crippen molar-refractivity contribution in [1.29, 1.82) is 0 Å². The molecule has 37 heavy (non-hydrogen) atoms. The molecule has 2 saturated heterocycles. The summed E-state index contributed by atoms with van der Waals surface area (Å²) in [5, 5.41) is 6.72. The Hall–Kier alpha value is -4.28. The molecule has 2 aliphatic heterocycles. The Balaban J connectivity index is 1.56. The van der Waals surface area contributed by atoms with E-state index in [1.807, 2.05) is 13.0 Å². The Labute approximate surface area is 213 Å². The van der Waals surface area contributed by atoms with Gasteiger partial charge in [-0.2, -0.15) is 5.10 Å². The molecule has 0 bridgehead atoms. The Morgan fingerprint density at radius 2 is 1.84 bits per heavy atom. The van der Waals surface area contributed by atoms with Gasteiger partial charge in [0.25, 0.3) is 5.91 Å². The van der Waals surface area contributed by atoms with Gasteiger partial charge in [-0.25, -0.2) is 29.1 Å². The molecule has 192 valence electrons. The average Bonchev–Trinajstić information content (AvgIpc) is 3.24. The maximum absolute atomic E-state index is 14.3. The van der Waals surface area contributed by atoms with Crippen LogP contribution in [-0.2, 0) is 23.1 Å². The third-order valence-electron chi connectivity index (χ3n) is 6.85. The highest BCUT2D eigenvalue weighted by Gasteiger charge is 2.62. The standard InChI is InChI=1S/C26H28FN7O3/c1-5-21(17-6-14(2)7-18(27)11-17)34-26(37)32-23(25(36)33(34)19-12-29-31(4)13-19)20(24(32)35)9-16-8-15(3)30-22(28)10-16/h6-8,10-13,20-21,23H,5,9H2,1-4H3,(H2,28,30)/t20-,21-,23+/m1/s1. The van der Waals surface area contributed by atoms with Crippen molar-refractivity contribution < 1.29 is 18.8 Å². The number of hydrazine groups is 1. The molecule has 0 saturated carbocycles. The summed E-state index contributed by atoms with van der Waals surface area (Å²) in [6, 6.07) is 5.70. The number of anilines is 2. The van der Waals surface area contributed by atoms with E-state index < -0.39 is 41.7 Å². The van der Waals surface area contributed by atoms with Gasteiger partial charge in [0.15, 0.2) is 0 Å². The normalized spacial score (nSPS) is 20.2. The fraction of sp³-hybridized carbons (Fsp3) is 0.346. The van der Waals surface area contributed by atoms with Crippen LogP contribution in [0, 0.1) is 25.6 Å². The highest BCUT2D eigenvalue weighted by Crippen LogP contribution is 2.42. The molecule has 1 aromatic carbocycles. The number of rotatable bonds is 6. The highest BCUT2D eigenvalue weighted by atomic mass is 19.1. The van der Waals surface area contributed by atoms with Crippen molar-refractivity contribution in [2.75, 3.05) is 10.7 Å². The summed E-state index contributed by atoms with van der Waals surface area (Å²) >= 11 is 0. The molecule has 3 aromatic rings. The fourth-order valence-electron chi connectivity index (χ4n) is 5.36. The van der Waals surface area contributed by atoms with Gasteiger partial charge in [-0.05, 0) is 67.6 Å². The number of hydrogen-bond donors (Lipinski definition) is 1. The zero-order chi connectivity index (χ0) is 26.6. The van der Waals surface area contributed by atoms with Gasteiger partial charge in [0.05, 0.1) is 24.4 Å². The SMILES string of the molecule is CC[C@H](c1cc(C)cc(F)c1)N1C(=O)N2C(=O)[C@H](Cc3cc(C)nc(N)c3)[C@H]2C(=O)N1c1cnn(C)c1. The highest BCUT2D eigenvalue weighted by molar-refractivity contribution is 6.16. The first-order valence-electron chi connectivity index (χ1n) is 12.1. The van der Waals surface area contributed by atoms with E-state index in [9.17, 15) is 18.8 Å². The number of carbonyl (C=O) groups excluding carboxylic acids is 3. The van der Waals surface area contributed by atoms with E-state index in [0.717, 1.165) is 10.5 Å². The summed E-state index contributed by atoms with van der Waals surface area (Å²) < 4.78 is 15.9. The number of carbonyl (C=O) groups is 3. The molecular weight excluding hydrogens is 477 g/mol. The molecule has 0 unspecified atom stereocenters. The first-order valence-corrected chi connectivity index (χ1v) is 12.1. The number of aryl methyl sites for hydroxylation is 3. The van der Waals surface area contributed by atoms with Crippen LogP contribution in [0.2, 0.25) is 0 Å². The number of urea groups is 1. The van der Waals surface area contributed by atoms with Crippen molar-refractivity contribution in [3.63, 3.8) is 0 Å². The second-order valence-corrected chi connectivity index (χ2v) is 9.64. The van der Waals surface area contributed by atoms with Gasteiger partial charge in [-0.3, -0.25) is 14.3 Å². The molecule has 2 N–H and O–H groups in total. The van der Waals surface area contributed by atoms with Gasteiger partial charge in [0.1, 0.15) is 23.4 Å². The number of benzene rings is 1. The second kappa shape index (κ2) is 8.99. The van der Waals surface area contributed by atoms with Crippen LogP contribution < -0.4 is 10.7 Å². The van der Waals surface area contributed by atoms with Crippen molar-refractivity contribution in [3.05, 3.63) is 70.9 Å². The number of fused-ring (bicyclic) bond motifs is 1. The van der Waals surface area contributed by atoms with Crippen LogP contribution in [0.4, 0.5) is 20.7 Å². The summed E-state index contributed by atoms with van der Waals surface area (Å²) in [6.45, 7) is 5.40. The van der Waals surface area contributed by atoms with Crippen LogP contribution >= 0.6 is 0 Å². The summed E-state index contributed by atoms with van der Waals surface area (Å²) in [6.07, 6.45) is 3.73. The summed E-state index contributed by atoms with van der Waals surface area (Å²) in [5.41, 5.74) is 8.93. The third kappa shape index (κ3) is 4.09. The summed E-state index contributed by atoms with van der Waals surface area (Å²) in [7, 11) is 1.70. The Morgan fingerprint density at radius 1 is 1.08 bits per heavy atom. The molecular formula is C26H28FN7O3. The van der Waals surface area contributed by atoms with Crippen LogP contribution in [0.5, 0.6) is 0 Å². The molecule has 2 aromatic heterocycles. The number of nitrogens with zero attached hydrogens (tertiary/aromatic N) is 6. The maximum atomic E-state index is 14.3. The van der Waals surface area contributed by atoms with Crippen LogP contribution in [0.25, 0.3) is 0 Å². The summed E-state index contributed by atoms with van der Waals surface area (Å²) in [4.78, 5) is 46.3. The topological polar surface area (TPSA) is 118 Å². The van der Waals surface area contributed by atoms with Gasteiger partial charge in [-0.15, -0.1) is 0 Å². The molecule has 2 fully saturated rings. The fourth-order valence-corrected chi connectivity index (χ4v) is 5.36. The minimum atomic E-state index is -0.974. The number of nitrogens with two attached hydrogens (primary N) is 1. The van der Waals surface area contributed by atoms with Crippen LogP contribution in [-0.4, -0.2) is 48.6 Å². The molecule has 4 amide bonds. The van der Waals surface area contributed by atoms with Crippen LogP contribution in [0.1, 0.15) is 41.8 Å². The smallest absolute Gasteiger partial charge is 0.347 e. The number of nitrogen functional groups attached to an aromatic ring is 1. The minimum absolute atomic E-state index is 0.244. The number of hydrogen-bond acceptors (Lipinski definition) is 6. The number of imide groups is 1. The number of aromatic nitrogens is 3. The number of β-lactam (4-membered cyclic amide) rings is 1. The lowest BCUT2D eigenvalue weighted by Crippen LogP contribution is -2.78. The van der Waals surface area contributed by atoms with E-state index in [1.165, 1.54) is 33.0 Å². The van der Waals surface area contributed by atoms with Gasteiger partial charge in [0.2, 0.25) is 5.91 Å². The predicted molar refractivity (Wildman–Crippen MR) is 133 cm³/mol. The quantitative estimate of drug-likeness (QED) is 0.515. The van der Waals surface area contributed by atoms with E-state index in [1.54, 1.807) is 39.2 Å². The summed E-state index contributed by atoms with van der Waals surface area (Å²) in [5.74, 6) is -1.71. The van der Waals surface area contributed by atoms with Crippen LogP contribution in [0.15, 0.2) is 42.7 Å². The van der Waals surface area contributed by atoms with Gasteiger partial charge in [0, 0.05) is 12.7 Å². The Kier molecular flexibility index (Phi) is 5.93. The first-order chi connectivity index (χ1) is 17.6. The van der Waals surface area contributed by atoms with Gasteiger partial charge < -0.3 is 5.73 Å². The first kappa shape index (κ1) is 24.4. The largest absolute Gasteiger partial charge is 0.384 e. The lowest BCUT2D eigenvalue weighted by molar-refractivity contribution is -0.162. The van der Waals surface area contributed by atoms with E-state index in [4.69, 9.17) is 5.73 Å². The number of amides is 4. The monoisotopic (exact) mass is 505 g/mol. The zero-order valence-corrected chi connectivity index (χ0v) is 21.1. The van der Waals surface area contributed by atoms with Gasteiger partial charge >= 0.3 is 6.03 Å². The Bertz CT molecular complexity index is 1380. The second-order valence-electron chi connectivity index (χ2n) is 9.64. The maximum Gasteiger partial charge on any atom is 0.347 e. The minimum Gasteiger partial charge on any atom is -0.384 e. The van der Waals surface area contributed by atoms with E-state index >= 15 is 0 Å². The lowest BCUT2D eigenvalue weighted by atomic mass is 9.81. The molecule has 11 heteroatoms. The zero-order valence-electron chi connectivity index (χ0n) is 21.1. The molecule has 0 spiro atoms. The molecule has 5 rings (SSSR count). The molecule has 3 atom stereocenters. The van der Waals surface area contributed by atoms with Gasteiger partial charge in [-0.1, -0.05) is 13.0 Å². The van der Waals surface area contributed by atoms with Crippen molar-refractivity contribution in [1.82, 2.24) is 24.7 Å². The van der Waals surface area contributed by atoms with Crippen LogP contribution in [0.3, 0.4) is 0 Å². The van der Waals surface area contributed by atoms with Crippen molar-refractivity contribution >= 4 is 29.4 Å². The molecule has 10 nitrogen and oxygen atoms in total. The Morgan fingerprint density at radius 3 is 2.46 bits per heavy atom. The van der Waals surface area contributed by atoms with E-state index in [0.29, 0.717) is 34.7 Å². The molecule has 2 aliphatic rings. The molecule has 0 radical (unpaired) electrons. The number of pyridine rings is 1. The van der Waals surface area contributed by atoms with Crippen molar-refractivity contribution in [2.45, 2.75) is 45.7 Å². The van der Waals surface area contributed by atoms with Crippen molar-refractivity contribution in [2.24, 2.45) is 13.0 Å². The van der Waals surface area contributed by atoms with E-state index in [2.05, 4.69) is 10.1 Å². The molecule has 4 heterocycles. The van der Waals surface area contributed by atoms with E-state index in [-0.39, 0.29) is 6.42 Å². The average molecular weight is 506 g/mol.